The Morgan fingerprint density at radius 1 is 1.38 bits per heavy atom. The average Bonchev–Trinajstić information content (AvgIpc) is 3.52. The van der Waals surface area contributed by atoms with E-state index in [0.717, 1.165) is 29.7 Å². The number of aryl methyl sites for hydroxylation is 1. The fourth-order valence-electron chi connectivity index (χ4n) is 3.59. The largest absolute Gasteiger partial charge is 0.488 e. The molecule has 1 unspecified atom stereocenters. The summed E-state index contributed by atoms with van der Waals surface area (Å²) >= 11 is 1.10. The Morgan fingerprint density at radius 2 is 2.18 bits per heavy atom. The molecule has 0 saturated carbocycles. The molecule has 1 amide bonds. The summed E-state index contributed by atoms with van der Waals surface area (Å²) in [5, 5.41) is 15.3. The van der Waals surface area contributed by atoms with Crippen molar-refractivity contribution in [1.29, 1.82) is 0 Å². The zero-order chi connectivity index (χ0) is 24.5. The summed E-state index contributed by atoms with van der Waals surface area (Å²) in [7, 11) is -2.32. The van der Waals surface area contributed by atoms with Crippen LogP contribution in [-0.4, -0.2) is 66.9 Å². The number of nitrogens with zero attached hydrogens (tertiary/aromatic N) is 5. The van der Waals surface area contributed by atoms with E-state index in [1.807, 2.05) is 6.92 Å². The third kappa shape index (κ3) is 5.10. The number of rotatable bonds is 8. The zero-order valence-corrected chi connectivity index (χ0v) is 20.2. The molecule has 0 aliphatic carbocycles. The van der Waals surface area contributed by atoms with E-state index in [9.17, 15) is 18.0 Å². The lowest BCUT2D eigenvalue weighted by Crippen LogP contribution is -2.35. The molecule has 3 aromatic rings. The van der Waals surface area contributed by atoms with Crippen LogP contribution in [-0.2, 0) is 14.3 Å². The molecule has 15 heteroatoms. The third-order valence-electron chi connectivity index (χ3n) is 5.13. The lowest BCUT2D eigenvalue weighted by atomic mass is 10.2. The summed E-state index contributed by atoms with van der Waals surface area (Å²) in [4.78, 5) is 27.2. The van der Waals surface area contributed by atoms with Crippen LogP contribution >= 0.6 is 11.3 Å². The van der Waals surface area contributed by atoms with Crippen molar-refractivity contribution in [3.05, 3.63) is 40.2 Å². The molecule has 34 heavy (non-hydrogen) atoms. The highest BCUT2D eigenvalue weighted by Crippen LogP contribution is 2.33. The van der Waals surface area contributed by atoms with Gasteiger partial charge in [0.25, 0.3) is 16.0 Å². The van der Waals surface area contributed by atoms with Crippen LogP contribution in [0.2, 0.25) is 0 Å². The van der Waals surface area contributed by atoms with Crippen LogP contribution in [0.3, 0.4) is 0 Å². The summed E-state index contributed by atoms with van der Waals surface area (Å²) in [5.74, 6) is -1.05. The first-order chi connectivity index (χ1) is 16.2. The Labute approximate surface area is 198 Å². The standard InChI is InChI=1S/C19H22N6O7S2/c1-11-6-7-20-25(11)19-23-22-18(33-19)21-16(26)14-9-13(15(30-2)17(27)32-14)24-8-4-5-12(24)10-31-34(3,28)29/h6-7,9,12H,4-5,8,10H2,1-3H3,(H,21,22,26). The molecule has 1 saturated heterocycles. The molecular weight excluding hydrogens is 488 g/mol. The summed E-state index contributed by atoms with van der Waals surface area (Å²) in [6.07, 6.45) is 3.97. The van der Waals surface area contributed by atoms with Gasteiger partial charge in [0.2, 0.25) is 16.0 Å². The van der Waals surface area contributed by atoms with Gasteiger partial charge < -0.3 is 14.1 Å². The van der Waals surface area contributed by atoms with Crippen LogP contribution in [0.1, 0.15) is 29.1 Å². The highest BCUT2D eigenvalue weighted by Gasteiger charge is 2.31. The van der Waals surface area contributed by atoms with Crippen LogP contribution in [0, 0.1) is 6.92 Å². The van der Waals surface area contributed by atoms with E-state index in [0.29, 0.717) is 23.8 Å². The van der Waals surface area contributed by atoms with Crippen molar-refractivity contribution in [2.75, 3.05) is 36.7 Å². The number of carbonyl (C=O) groups is 1. The van der Waals surface area contributed by atoms with Gasteiger partial charge in [-0.3, -0.25) is 14.3 Å². The first-order valence-electron chi connectivity index (χ1n) is 10.2. The number of aromatic nitrogens is 4. The number of methoxy groups -OCH3 is 1. The molecule has 0 radical (unpaired) electrons. The highest BCUT2D eigenvalue weighted by molar-refractivity contribution is 7.85. The van der Waals surface area contributed by atoms with E-state index < -0.39 is 21.7 Å². The van der Waals surface area contributed by atoms with Crippen molar-refractivity contribution >= 4 is 38.2 Å². The molecule has 3 aromatic heterocycles. The molecule has 1 aliphatic rings. The van der Waals surface area contributed by atoms with Gasteiger partial charge in [-0.05, 0) is 25.8 Å². The predicted molar refractivity (Wildman–Crippen MR) is 122 cm³/mol. The van der Waals surface area contributed by atoms with Crippen molar-refractivity contribution < 1.29 is 26.5 Å². The van der Waals surface area contributed by atoms with Crippen LogP contribution in [0.4, 0.5) is 10.8 Å². The molecule has 4 rings (SSSR count). The fraction of sp³-hybridized carbons (Fsp3) is 0.421. The molecule has 1 fully saturated rings. The molecule has 182 valence electrons. The smallest absolute Gasteiger partial charge is 0.381 e. The Bertz CT molecular complexity index is 1360. The summed E-state index contributed by atoms with van der Waals surface area (Å²) in [6, 6.07) is 2.86. The Balaban J connectivity index is 1.58. The van der Waals surface area contributed by atoms with E-state index >= 15 is 0 Å². The maximum absolute atomic E-state index is 12.8. The lowest BCUT2D eigenvalue weighted by Gasteiger charge is -2.27. The summed E-state index contributed by atoms with van der Waals surface area (Å²) in [5.41, 5.74) is 0.318. The number of hydrogen-bond donors (Lipinski definition) is 1. The Morgan fingerprint density at radius 3 is 2.85 bits per heavy atom. The molecule has 1 aliphatic heterocycles. The normalized spacial score (nSPS) is 16.1. The summed E-state index contributed by atoms with van der Waals surface area (Å²) < 4.78 is 39.8. The second kappa shape index (κ2) is 9.52. The minimum atomic E-state index is -3.63. The van der Waals surface area contributed by atoms with Crippen molar-refractivity contribution in [3.8, 4) is 10.9 Å². The second-order valence-corrected chi connectivity index (χ2v) is 10.1. The van der Waals surface area contributed by atoms with E-state index in [1.54, 1.807) is 21.8 Å². The maximum Gasteiger partial charge on any atom is 0.381 e. The van der Waals surface area contributed by atoms with Gasteiger partial charge in [-0.1, -0.05) is 11.3 Å². The van der Waals surface area contributed by atoms with Crippen molar-refractivity contribution in [1.82, 2.24) is 20.0 Å². The molecule has 0 aromatic carbocycles. The van der Waals surface area contributed by atoms with Gasteiger partial charge >= 0.3 is 5.63 Å². The fourth-order valence-corrected chi connectivity index (χ4v) is 4.75. The van der Waals surface area contributed by atoms with Crippen LogP contribution in [0.15, 0.2) is 27.5 Å². The van der Waals surface area contributed by atoms with E-state index in [-0.39, 0.29) is 29.3 Å². The topological polar surface area (TPSA) is 159 Å². The summed E-state index contributed by atoms with van der Waals surface area (Å²) in [6.45, 7) is 2.28. The van der Waals surface area contributed by atoms with Crippen molar-refractivity contribution in [2.45, 2.75) is 25.8 Å². The molecule has 4 heterocycles. The molecular formula is C19H22N6O7S2. The molecule has 1 N–H and O–H groups in total. The first-order valence-corrected chi connectivity index (χ1v) is 12.8. The average molecular weight is 511 g/mol. The first kappa shape index (κ1) is 23.8. The number of nitrogens with one attached hydrogen (secondary N) is 1. The van der Waals surface area contributed by atoms with Gasteiger partial charge in [0.1, 0.15) is 0 Å². The highest BCUT2D eigenvalue weighted by atomic mass is 32.2. The van der Waals surface area contributed by atoms with Crippen LogP contribution in [0.5, 0.6) is 5.75 Å². The van der Waals surface area contributed by atoms with Gasteiger partial charge in [-0.2, -0.15) is 13.5 Å². The number of hydrogen-bond acceptors (Lipinski definition) is 12. The SMILES string of the molecule is COc1c(N2CCCC2COS(C)(=O)=O)cc(C(=O)Nc2nnc(-n3nccc3C)s2)oc1=O. The Kier molecular flexibility index (Phi) is 6.67. The van der Waals surface area contributed by atoms with Crippen molar-refractivity contribution in [2.24, 2.45) is 0 Å². The van der Waals surface area contributed by atoms with Gasteiger partial charge in [0, 0.05) is 24.5 Å². The quantitative estimate of drug-likeness (QED) is 0.434. The second-order valence-electron chi connectivity index (χ2n) is 7.52. The van der Waals surface area contributed by atoms with E-state index in [2.05, 4.69) is 20.6 Å². The molecule has 0 bridgehead atoms. The van der Waals surface area contributed by atoms with E-state index in [4.69, 9.17) is 13.3 Å². The molecule has 1 atom stereocenters. The minimum absolute atomic E-state index is 0.0878. The van der Waals surface area contributed by atoms with Gasteiger partial charge in [0.15, 0.2) is 5.76 Å². The predicted octanol–water partition coefficient (Wildman–Crippen LogP) is 1.19. The third-order valence-corrected chi connectivity index (χ3v) is 6.50. The van der Waals surface area contributed by atoms with E-state index in [1.165, 1.54) is 13.2 Å². The van der Waals surface area contributed by atoms with Crippen LogP contribution < -0.4 is 20.6 Å². The zero-order valence-electron chi connectivity index (χ0n) is 18.5. The monoisotopic (exact) mass is 510 g/mol. The van der Waals surface area contributed by atoms with Gasteiger partial charge in [0.05, 0.1) is 31.7 Å². The number of ether oxygens (including phenoxy) is 1. The minimum Gasteiger partial charge on any atom is -0.488 e. The maximum atomic E-state index is 12.8. The number of amides is 1. The van der Waals surface area contributed by atoms with Crippen molar-refractivity contribution in [3.63, 3.8) is 0 Å². The van der Waals surface area contributed by atoms with Gasteiger partial charge in [-0.25, -0.2) is 9.48 Å². The molecule has 0 spiro atoms. The number of carbonyl (C=O) groups excluding carboxylic acids is 1. The van der Waals surface area contributed by atoms with Crippen LogP contribution in [0.25, 0.3) is 5.13 Å². The molecule has 13 nitrogen and oxygen atoms in total. The van der Waals surface area contributed by atoms with Gasteiger partial charge in [-0.15, -0.1) is 10.2 Å². The lowest BCUT2D eigenvalue weighted by molar-refractivity contribution is 0.0991. The number of anilines is 2. The Hall–Kier alpha value is -3.30.